The summed E-state index contributed by atoms with van der Waals surface area (Å²) in [4.78, 5) is 14.2. The van der Waals surface area contributed by atoms with Crippen molar-refractivity contribution >= 4 is 5.82 Å². The number of nitrogens with zero attached hydrogens (tertiary/aromatic N) is 4. The number of benzene rings is 1. The Balaban J connectivity index is 1.73. The van der Waals surface area contributed by atoms with E-state index in [9.17, 15) is 0 Å². The number of rotatable bonds is 4. The fourth-order valence-electron chi connectivity index (χ4n) is 3.65. The topological polar surface area (TPSA) is 58.3 Å². The van der Waals surface area contributed by atoms with Gasteiger partial charge in [-0.1, -0.05) is 12.1 Å². The smallest absolute Gasteiger partial charge is 0.147 e. The average molecular weight is 354 g/mol. The van der Waals surface area contributed by atoms with E-state index in [1.807, 2.05) is 26.2 Å². The van der Waals surface area contributed by atoms with Crippen molar-refractivity contribution in [1.82, 2.24) is 14.9 Å². The molecule has 0 bridgehead atoms. The van der Waals surface area contributed by atoms with Gasteiger partial charge in [-0.2, -0.15) is 0 Å². The molecule has 2 aromatic rings. The first-order valence-electron chi connectivity index (χ1n) is 9.47. The summed E-state index contributed by atoms with van der Waals surface area (Å²) in [5.41, 5.74) is 10.2. The van der Waals surface area contributed by atoms with Gasteiger partial charge in [-0.15, -0.1) is 0 Å². The Hall–Kier alpha value is -1.98. The van der Waals surface area contributed by atoms with Crippen LogP contribution in [0.25, 0.3) is 11.3 Å². The molecule has 2 heterocycles. The first-order valence-corrected chi connectivity index (χ1v) is 9.47. The lowest BCUT2D eigenvalue weighted by atomic mass is 9.90. The summed E-state index contributed by atoms with van der Waals surface area (Å²) in [5, 5.41) is 0. The van der Waals surface area contributed by atoms with Gasteiger partial charge in [0.1, 0.15) is 5.82 Å². The largest absolute Gasteiger partial charge is 0.353 e. The van der Waals surface area contributed by atoms with E-state index < -0.39 is 0 Å². The van der Waals surface area contributed by atoms with Gasteiger partial charge in [0.05, 0.1) is 18.1 Å². The van der Waals surface area contributed by atoms with E-state index >= 15 is 0 Å². The summed E-state index contributed by atoms with van der Waals surface area (Å²) in [6, 6.07) is 6.94. The maximum Gasteiger partial charge on any atom is 0.147 e. The van der Waals surface area contributed by atoms with Gasteiger partial charge in [0, 0.05) is 43.3 Å². The second kappa shape index (κ2) is 7.33. The van der Waals surface area contributed by atoms with E-state index in [2.05, 4.69) is 58.7 Å². The molecule has 1 aromatic carbocycles. The molecule has 5 nitrogen and oxygen atoms in total. The van der Waals surface area contributed by atoms with Crippen molar-refractivity contribution in [3.63, 3.8) is 0 Å². The summed E-state index contributed by atoms with van der Waals surface area (Å²) in [6.07, 6.45) is 3.78. The van der Waals surface area contributed by atoms with Gasteiger partial charge < -0.3 is 10.6 Å². The van der Waals surface area contributed by atoms with Crippen LogP contribution in [0, 0.1) is 6.92 Å². The first-order chi connectivity index (χ1) is 12.3. The molecule has 0 unspecified atom stereocenters. The van der Waals surface area contributed by atoms with Crippen LogP contribution in [0.1, 0.15) is 38.8 Å². The molecule has 0 atom stereocenters. The van der Waals surface area contributed by atoms with E-state index in [0.29, 0.717) is 6.04 Å². The third-order valence-electron chi connectivity index (χ3n) is 5.22. The maximum absolute atomic E-state index is 6.24. The zero-order valence-electron chi connectivity index (χ0n) is 16.7. The summed E-state index contributed by atoms with van der Waals surface area (Å²) in [7, 11) is 0. The Kier molecular flexibility index (Phi) is 5.30. The van der Waals surface area contributed by atoms with Crippen LogP contribution in [-0.2, 0) is 5.54 Å². The third-order valence-corrected chi connectivity index (χ3v) is 5.22. The standard InChI is InChI=1S/C21H31N5/c1-15(2)25-8-10-26(11-9-25)20-14-23-19(13-24-20)17-6-7-18(16(3)12-17)21(4,5)22/h6-7,12-15H,8-11,22H2,1-5H3. The molecule has 1 aliphatic heterocycles. The molecule has 1 aromatic heterocycles. The highest BCUT2D eigenvalue weighted by Crippen LogP contribution is 2.26. The van der Waals surface area contributed by atoms with Crippen LogP contribution < -0.4 is 10.6 Å². The normalized spacial score (nSPS) is 16.3. The SMILES string of the molecule is Cc1cc(-c2cnc(N3CCN(C(C)C)CC3)cn2)ccc1C(C)(C)N. The lowest BCUT2D eigenvalue weighted by molar-refractivity contribution is 0.209. The van der Waals surface area contributed by atoms with Crippen LogP contribution in [0.2, 0.25) is 0 Å². The summed E-state index contributed by atoms with van der Waals surface area (Å²) >= 11 is 0. The van der Waals surface area contributed by atoms with Crippen LogP contribution >= 0.6 is 0 Å². The molecule has 2 N–H and O–H groups in total. The fraction of sp³-hybridized carbons (Fsp3) is 0.524. The minimum absolute atomic E-state index is 0.337. The van der Waals surface area contributed by atoms with E-state index in [1.165, 1.54) is 5.56 Å². The van der Waals surface area contributed by atoms with Crippen LogP contribution in [0.3, 0.4) is 0 Å². The molecule has 26 heavy (non-hydrogen) atoms. The van der Waals surface area contributed by atoms with E-state index in [1.54, 1.807) is 0 Å². The van der Waals surface area contributed by atoms with Gasteiger partial charge in [-0.25, -0.2) is 4.98 Å². The highest BCUT2D eigenvalue weighted by molar-refractivity contribution is 5.61. The Morgan fingerprint density at radius 2 is 1.73 bits per heavy atom. The number of hydrogen-bond acceptors (Lipinski definition) is 5. The molecule has 0 amide bonds. The van der Waals surface area contributed by atoms with Gasteiger partial charge in [-0.3, -0.25) is 9.88 Å². The first kappa shape index (κ1) is 18.8. The van der Waals surface area contributed by atoms with Gasteiger partial charge in [0.2, 0.25) is 0 Å². The Morgan fingerprint density at radius 1 is 1.04 bits per heavy atom. The third kappa shape index (κ3) is 4.05. The molecule has 1 aliphatic rings. The number of hydrogen-bond donors (Lipinski definition) is 1. The van der Waals surface area contributed by atoms with Gasteiger partial charge in [-0.05, 0) is 51.8 Å². The molecule has 5 heteroatoms. The second-order valence-electron chi connectivity index (χ2n) is 8.13. The Morgan fingerprint density at radius 3 is 2.23 bits per heavy atom. The Bertz CT molecular complexity index is 738. The number of nitrogens with two attached hydrogens (primary N) is 1. The van der Waals surface area contributed by atoms with Crippen molar-refractivity contribution in [3.8, 4) is 11.3 Å². The Labute approximate surface area is 157 Å². The van der Waals surface area contributed by atoms with Crippen LogP contribution in [0.5, 0.6) is 0 Å². The van der Waals surface area contributed by atoms with Crippen molar-refractivity contribution in [1.29, 1.82) is 0 Å². The van der Waals surface area contributed by atoms with Crippen molar-refractivity contribution in [2.45, 2.75) is 46.2 Å². The molecule has 0 saturated carbocycles. The molecule has 0 spiro atoms. The number of aryl methyl sites for hydroxylation is 1. The maximum atomic E-state index is 6.24. The monoisotopic (exact) mass is 353 g/mol. The van der Waals surface area contributed by atoms with Crippen molar-refractivity contribution in [3.05, 3.63) is 41.7 Å². The fourth-order valence-corrected chi connectivity index (χ4v) is 3.65. The predicted molar refractivity (Wildman–Crippen MR) is 108 cm³/mol. The van der Waals surface area contributed by atoms with Crippen molar-refractivity contribution < 1.29 is 0 Å². The zero-order chi connectivity index (χ0) is 18.9. The van der Waals surface area contributed by atoms with Crippen molar-refractivity contribution in [2.75, 3.05) is 31.1 Å². The predicted octanol–water partition coefficient (Wildman–Crippen LogP) is 3.18. The molecule has 1 fully saturated rings. The molecule has 0 radical (unpaired) electrons. The average Bonchev–Trinajstić information content (AvgIpc) is 2.61. The number of piperazine rings is 1. The van der Waals surface area contributed by atoms with E-state index in [-0.39, 0.29) is 5.54 Å². The van der Waals surface area contributed by atoms with Crippen LogP contribution in [0.15, 0.2) is 30.6 Å². The van der Waals surface area contributed by atoms with E-state index in [4.69, 9.17) is 5.73 Å². The van der Waals surface area contributed by atoms with Crippen molar-refractivity contribution in [2.24, 2.45) is 5.73 Å². The summed E-state index contributed by atoms with van der Waals surface area (Å²) in [6.45, 7) is 14.8. The minimum atomic E-state index is -0.337. The minimum Gasteiger partial charge on any atom is -0.353 e. The zero-order valence-corrected chi connectivity index (χ0v) is 16.7. The van der Waals surface area contributed by atoms with E-state index in [0.717, 1.165) is 48.8 Å². The van der Waals surface area contributed by atoms with Gasteiger partial charge >= 0.3 is 0 Å². The quantitative estimate of drug-likeness (QED) is 0.915. The van der Waals surface area contributed by atoms with Gasteiger partial charge in [0.15, 0.2) is 0 Å². The van der Waals surface area contributed by atoms with Crippen LogP contribution in [-0.4, -0.2) is 47.1 Å². The van der Waals surface area contributed by atoms with Crippen LogP contribution in [0.4, 0.5) is 5.82 Å². The highest BCUT2D eigenvalue weighted by atomic mass is 15.3. The lowest BCUT2D eigenvalue weighted by Crippen LogP contribution is -2.49. The molecular weight excluding hydrogens is 322 g/mol. The molecule has 1 saturated heterocycles. The summed E-state index contributed by atoms with van der Waals surface area (Å²) < 4.78 is 0. The molecule has 0 aliphatic carbocycles. The molecular formula is C21H31N5. The molecule has 3 rings (SSSR count). The number of aromatic nitrogens is 2. The lowest BCUT2D eigenvalue weighted by Gasteiger charge is -2.37. The highest BCUT2D eigenvalue weighted by Gasteiger charge is 2.20. The van der Waals surface area contributed by atoms with Gasteiger partial charge in [0.25, 0.3) is 0 Å². The second-order valence-corrected chi connectivity index (χ2v) is 8.13. The summed E-state index contributed by atoms with van der Waals surface area (Å²) in [5.74, 6) is 0.966. The molecule has 140 valence electrons. The number of anilines is 1.